The number of methoxy groups -OCH3 is 1. The molecule has 0 spiro atoms. The first-order chi connectivity index (χ1) is 15.1. The van der Waals surface area contributed by atoms with Gasteiger partial charge in [0.15, 0.2) is 17.5 Å². The number of hydrogen-bond donors (Lipinski definition) is 2. The minimum atomic E-state index is -0.215. The predicted octanol–water partition coefficient (Wildman–Crippen LogP) is 3.82. The van der Waals surface area contributed by atoms with Crippen molar-refractivity contribution in [2.24, 2.45) is 4.99 Å². The minimum absolute atomic E-state index is 0. The highest BCUT2D eigenvalue weighted by atomic mass is 127. The second-order valence-corrected chi connectivity index (χ2v) is 7.39. The van der Waals surface area contributed by atoms with Crippen LogP contribution in [0.2, 0.25) is 0 Å². The van der Waals surface area contributed by atoms with Crippen LogP contribution in [0.1, 0.15) is 45.6 Å². The number of amides is 1. The molecule has 9 heteroatoms. The van der Waals surface area contributed by atoms with E-state index in [4.69, 9.17) is 19.2 Å². The molecule has 1 amide bonds. The van der Waals surface area contributed by atoms with Crippen molar-refractivity contribution in [3.63, 3.8) is 0 Å². The summed E-state index contributed by atoms with van der Waals surface area (Å²) < 4.78 is 16.1. The maximum Gasteiger partial charge on any atom is 0.409 e. The van der Waals surface area contributed by atoms with Gasteiger partial charge in [0, 0.05) is 32.2 Å². The van der Waals surface area contributed by atoms with Crippen molar-refractivity contribution in [1.29, 1.82) is 0 Å². The van der Waals surface area contributed by atoms with E-state index in [1.807, 2.05) is 26.0 Å². The fourth-order valence-corrected chi connectivity index (χ4v) is 3.55. The van der Waals surface area contributed by atoms with E-state index < -0.39 is 0 Å². The Balaban J connectivity index is 0.00000512. The molecule has 1 fully saturated rings. The summed E-state index contributed by atoms with van der Waals surface area (Å²) in [5.41, 5.74) is 1.21. The van der Waals surface area contributed by atoms with Crippen LogP contribution in [0, 0.1) is 0 Å². The monoisotopic (exact) mass is 562 g/mol. The van der Waals surface area contributed by atoms with E-state index in [0.29, 0.717) is 32.3 Å². The lowest BCUT2D eigenvalue weighted by Gasteiger charge is -2.32. The number of carbonyl (C=O) groups excluding carboxylic acids is 1. The summed E-state index contributed by atoms with van der Waals surface area (Å²) in [6, 6.07) is 6.38. The van der Waals surface area contributed by atoms with E-state index in [-0.39, 0.29) is 30.1 Å². The normalized spacial score (nSPS) is 14.4. The lowest BCUT2D eigenvalue weighted by molar-refractivity contribution is 0.0963. The van der Waals surface area contributed by atoms with Gasteiger partial charge in [0.1, 0.15) is 0 Å². The van der Waals surface area contributed by atoms with Gasteiger partial charge in [0.05, 0.1) is 20.3 Å². The molecule has 1 saturated heterocycles. The second kappa shape index (κ2) is 15.8. The molecule has 0 unspecified atom stereocenters. The Morgan fingerprint density at radius 3 is 2.53 bits per heavy atom. The number of aryl methyl sites for hydroxylation is 1. The number of piperidine rings is 1. The summed E-state index contributed by atoms with van der Waals surface area (Å²) in [6.07, 6.45) is 3.41. The number of benzene rings is 1. The van der Waals surface area contributed by atoms with Crippen LogP contribution in [0.25, 0.3) is 0 Å². The van der Waals surface area contributed by atoms with Crippen LogP contribution >= 0.6 is 24.0 Å². The predicted molar refractivity (Wildman–Crippen MR) is 139 cm³/mol. The topological polar surface area (TPSA) is 84.4 Å². The molecule has 1 aromatic carbocycles. The van der Waals surface area contributed by atoms with Crippen LogP contribution in [-0.4, -0.2) is 69.5 Å². The molecule has 1 aliphatic rings. The molecule has 0 atom stereocenters. The molecule has 182 valence electrons. The lowest BCUT2D eigenvalue weighted by Crippen LogP contribution is -2.49. The summed E-state index contributed by atoms with van der Waals surface area (Å²) in [6.45, 7) is 9.84. The fourth-order valence-electron chi connectivity index (χ4n) is 3.55. The molecule has 8 nitrogen and oxygen atoms in total. The van der Waals surface area contributed by atoms with E-state index in [0.717, 1.165) is 56.2 Å². The smallest absolute Gasteiger partial charge is 0.409 e. The molecule has 1 aromatic rings. The number of nitrogens with one attached hydrogen (secondary N) is 2. The summed E-state index contributed by atoms with van der Waals surface area (Å²) in [5, 5.41) is 6.83. The SMILES string of the molecule is CCNC(=NCCCc1ccc(OC)c(OCC)c1)NC1CCN(C(=O)OCC)CC1.I. The number of rotatable bonds is 10. The highest BCUT2D eigenvalue weighted by Gasteiger charge is 2.24. The molecule has 2 N–H and O–H groups in total. The lowest BCUT2D eigenvalue weighted by atomic mass is 10.1. The number of carbonyl (C=O) groups is 1. The van der Waals surface area contributed by atoms with Crippen LogP contribution in [-0.2, 0) is 11.2 Å². The second-order valence-electron chi connectivity index (χ2n) is 7.39. The van der Waals surface area contributed by atoms with Crippen molar-refractivity contribution in [2.75, 3.05) is 46.5 Å². The molecule has 1 aliphatic heterocycles. The van der Waals surface area contributed by atoms with E-state index in [1.165, 1.54) is 5.56 Å². The Kier molecular flexibility index (Phi) is 13.9. The maximum atomic E-state index is 11.8. The molecular weight excluding hydrogens is 523 g/mol. The van der Waals surface area contributed by atoms with Gasteiger partial charge in [-0.05, 0) is 64.2 Å². The first-order valence-corrected chi connectivity index (χ1v) is 11.4. The van der Waals surface area contributed by atoms with Crippen LogP contribution in [0.5, 0.6) is 11.5 Å². The van der Waals surface area contributed by atoms with Crippen molar-refractivity contribution in [3.8, 4) is 11.5 Å². The number of hydrogen-bond acceptors (Lipinski definition) is 5. The number of likely N-dealkylation sites (tertiary alicyclic amines) is 1. The van der Waals surface area contributed by atoms with Gasteiger partial charge in [-0.15, -0.1) is 24.0 Å². The Morgan fingerprint density at radius 2 is 1.91 bits per heavy atom. The Bertz CT molecular complexity index is 709. The van der Waals surface area contributed by atoms with Gasteiger partial charge in [-0.25, -0.2) is 4.79 Å². The largest absolute Gasteiger partial charge is 0.493 e. The zero-order chi connectivity index (χ0) is 22.5. The van der Waals surface area contributed by atoms with Crippen LogP contribution in [0.3, 0.4) is 0 Å². The zero-order valence-electron chi connectivity index (χ0n) is 19.8. The van der Waals surface area contributed by atoms with E-state index in [2.05, 4.69) is 23.6 Å². The van der Waals surface area contributed by atoms with Crippen LogP contribution in [0.15, 0.2) is 23.2 Å². The third kappa shape index (κ3) is 9.30. The van der Waals surface area contributed by atoms with E-state index >= 15 is 0 Å². The quantitative estimate of drug-likeness (QED) is 0.195. The number of halogens is 1. The zero-order valence-corrected chi connectivity index (χ0v) is 22.1. The van der Waals surface area contributed by atoms with Crippen LogP contribution < -0.4 is 20.1 Å². The summed E-state index contributed by atoms with van der Waals surface area (Å²) in [7, 11) is 1.65. The Morgan fingerprint density at radius 1 is 1.16 bits per heavy atom. The van der Waals surface area contributed by atoms with Gasteiger partial charge in [-0.3, -0.25) is 4.99 Å². The first kappa shape index (κ1) is 28.1. The van der Waals surface area contributed by atoms with Crippen LogP contribution in [0.4, 0.5) is 4.79 Å². The minimum Gasteiger partial charge on any atom is -0.493 e. The molecule has 0 radical (unpaired) electrons. The molecule has 0 saturated carbocycles. The van der Waals surface area contributed by atoms with Crippen molar-refractivity contribution in [3.05, 3.63) is 23.8 Å². The van der Waals surface area contributed by atoms with Crippen molar-refractivity contribution >= 4 is 36.0 Å². The molecule has 0 aromatic heterocycles. The highest BCUT2D eigenvalue weighted by Crippen LogP contribution is 2.28. The molecule has 1 heterocycles. The molecule has 32 heavy (non-hydrogen) atoms. The third-order valence-corrected chi connectivity index (χ3v) is 5.13. The first-order valence-electron chi connectivity index (χ1n) is 11.4. The van der Waals surface area contributed by atoms with Gasteiger partial charge in [0.2, 0.25) is 0 Å². The van der Waals surface area contributed by atoms with Gasteiger partial charge in [0.25, 0.3) is 0 Å². The van der Waals surface area contributed by atoms with E-state index in [1.54, 1.807) is 12.0 Å². The fraction of sp³-hybridized carbons (Fsp3) is 0.652. The van der Waals surface area contributed by atoms with Gasteiger partial charge >= 0.3 is 6.09 Å². The third-order valence-electron chi connectivity index (χ3n) is 5.13. The highest BCUT2D eigenvalue weighted by molar-refractivity contribution is 14.0. The van der Waals surface area contributed by atoms with Gasteiger partial charge in [-0.1, -0.05) is 6.07 Å². The number of nitrogens with zero attached hydrogens (tertiary/aromatic N) is 2. The molecule has 0 aliphatic carbocycles. The number of ether oxygens (including phenoxy) is 3. The summed E-state index contributed by atoms with van der Waals surface area (Å²) in [4.78, 5) is 18.4. The Hall–Kier alpha value is -1.91. The van der Waals surface area contributed by atoms with Crippen molar-refractivity contribution < 1.29 is 19.0 Å². The number of guanidine groups is 1. The number of aliphatic imine (C=N–C) groups is 1. The average molecular weight is 562 g/mol. The van der Waals surface area contributed by atoms with Crippen molar-refractivity contribution in [1.82, 2.24) is 15.5 Å². The molecule has 2 rings (SSSR count). The maximum absolute atomic E-state index is 11.8. The van der Waals surface area contributed by atoms with Gasteiger partial charge < -0.3 is 29.7 Å². The average Bonchev–Trinajstić information content (AvgIpc) is 2.78. The van der Waals surface area contributed by atoms with Gasteiger partial charge in [-0.2, -0.15) is 0 Å². The molecule has 0 bridgehead atoms. The molecular formula is C23H39IN4O4. The van der Waals surface area contributed by atoms with Crippen molar-refractivity contribution in [2.45, 2.75) is 52.5 Å². The Labute approximate surface area is 209 Å². The standard InChI is InChI=1S/C23H38N4O4.HI/c1-5-24-22(26-19-12-15-27(16-13-19)23(28)31-7-3)25-14-8-9-18-10-11-20(29-4)21(17-18)30-6-2;/h10-11,17,19H,5-9,12-16H2,1-4H3,(H2,24,25,26);1H. The summed E-state index contributed by atoms with van der Waals surface area (Å²) in [5.74, 6) is 2.38. The van der Waals surface area contributed by atoms with E-state index in [9.17, 15) is 4.79 Å². The summed E-state index contributed by atoms with van der Waals surface area (Å²) >= 11 is 0.